The van der Waals surface area contributed by atoms with Gasteiger partial charge in [-0.1, -0.05) is 6.08 Å². The number of hydrogen-bond acceptors (Lipinski definition) is 1. The van der Waals surface area contributed by atoms with Crippen LogP contribution in [0.25, 0.3) is 0 Å². The predicted molar refractivity (Wildman–Crippen MR) is 49.0 cm³/mol. The van der Waals surface area contributed by atoms with E-state index < -0.39 is 0 Å². The molecule has 3 heteroatoms. The molecule has 1 fully saturated rings. The highest BCUT2D eigenvalue weighted by Crippen LogP contribution is 2.15. The Bertz CT molecular complexity index is 179. The Kier molecular flexibility index (Phi) is 3.14. The molecule has 0 aromatic carbocycles. The summed E-state index contributed by atoms with van der Waals surface area (Å²) in [4.78, 5) is 13.3. The number of urea groups is 1. The van der Waals surface area contributed by atoms with E-state index in [0.717, 1.165) is 19.4 Å². The fourth-order valence-electron chi connectivity index (χ4n) is 1.50. The monoisotopic (exact) mass is 168 g/mol. The van der Waals surface area contributed by atoms with Crippen molar-refractivity contribution in [1.29, 1.82) is 0 Å². The maximum atomic E-state index is 11.4. The van der Waals surface area contributed by atoms with E-state index in [9.17, 15) is 4.79 Å². The third kappa shape index (κ3) is 2.00. The van der Waals surface area contributed by atoms with Gasteiger partial charge in [0.05, 0.1) is 0 Å². The van der Waals surface area contributed by atoms with Gasteiger partial charge in [0.15, 0.2) is 0 Å². The molecular formula is C9H16N2O. The second-order valence-electron chi connectivity index (χ2n) is 3.16. The van der Waals surface area contributed by atoms with Crippen LogP contribution in [0.3, 0.4) is 0 Å². The summed E-state index contributed by atoms with van der Waals surface area (Å²) in [6.07, 6.45) is 3.95. The minimum absolute atomic E-state index is 0.0416. The summed E-state index contributed by atoms with van der Waals surface area (Å²) in [7, 11) is 0. The van der Waals surface area contributed by atoms with Crippen molar-refractivity contribution in [3.05, 3.63) is 12.7 Å². The van der Waals surface area contributed by atoms with Crippen LogP contribution in [0.1, 0.15) is 19.8 Å². The molecule has 68 valence electrons. The van der Waals surface area contributed by atoms with Gasteiger partial charge in [0.25, 0.3) is 0 Å². The maximum absolute atomic E-state index is 11.4. The quantitative estimate of drug-likeness (QED) is 0.620. The van der Waals surface area contributed by atoms with Crippen molar-refractivity contribution in [3.8, 4) is 0 Å². The topological polar surface area (TPSA) is 32.3 Å². The highest BCUT2D eigenvalue weighted by Gasteiger charge is 2.24. The summed E-state index contributed by atoms with van der Waals surface area (Å²) >= 11 is 0. The number of hydrogen-bond donors (Lipinski definition) is 1. The Morgan fingerprint density at radius 2 is 2.58 bits per heavy atom. The van der Waals surface area contributed by atoms with Crippen LogP contribution in [0.15, 0.2) is 12.7 Å². The Hall–Kier alpha value is -0.990. The molecular weight excluding hydrogens is 152 g/mol. The van der Waals surface area contributed by atoms with Crippen LogP contribution in [-0.4, -0.2) is 30.1 Å². The molecule has 1 aliphatic rings. The Morgan fingerprint density at radius 1 is 1.83 bits per heavy atom. The van der Waals surface area contributed by atoms with Crippen molar-refractivity contribution in [2.45, 2.75) is 25.8 Å². The lowest BCUT2D eigenvalue weighted by Crippen LogP contribution is -2.41. The van der Waals surface area contributed by atoms with E-state index in [2.05, 4.69) is 18.8 Å². The van der Waals surface area contributed by atoms with Gasteiger partial charge in [0, 0.05) is 19.1 Å². The molecule has 1 atom stereocenters. The SMILES string of the molecule is C=CCNC(=O)N1CCCC1C. The molecule has 3 nitrogen and oxygen atoms in total. The largest absolute Gasteiger partial charge is 0.335 e. The number of carbonyl (C=O) groups excluding carboxylic acids is 1. The summed E-state index contributed by atoms with van der Waals surface area (Å²) in [6.45, 7) is 7.08. The minimum atomic E-state index is 0.0416. The summed E-state index contributed by atoms with van der Waals surface area (Å²) in [5.41, 5.74) is 0. The van der Waals surface area contributed by atoms with E-state index >= 15 is 0 Å². The Morgan fingerprint density at radius 3 is 3.08 bits per heavy atom. The van der Waals surface area contributed by atoms with Crippen LogP contribution in [0.2, 0.25) is 0 Å². The van der Waals surface area contributed by atoms with E-state index in [4.69, 9.17) is 0 Å². The molecule has 0 saturated carbocycles. The van der Waals surface area contributed by atoms with Gasteiger partial charge in [0.2, 0.25) is 0 Å². The molecule has 1 heterocycles. The van der Waals surface area contributed by atoms with Crippen molar-refractivity contribution in [3.63, 3.8) is 0 Å². The van der Waals surface area contributed by atoms with Crippen LogP contribution >= 0.6 is 0 Å². The molecule has 2 amide bonds. The second kappa shape index (κ2) is 4.14. The van der Waals surface area contributed by atoms with Gasteiger partial charge in [-0.3, -0.25) is 0 Å². The van der Waals surface area contributed by atoms with Gasteiger partial charge in [-0.15, -0.1) is 6.58 Å². The van der Waals surface area contributed by atoms with Crippen LogP contribution < -0.4 is 5.32 Å². The second-order valence-corrected chi connectivity index (χ2v) is 3.16. The van der Waals surface area contributed by atoms with Crippen LogP contribution in [0, 0.1) is 0 Å². The van der Waals surface area contributed by atoms with Gasteiger partial charge in [0.1, 0.15) is 0 Å². The molecule has 1 rings (SSSR count). The fraction of sp³-hybridized carbons (Fsp3) is 0.667. The fourth-order valence-corrected chi connectivity index (χ4v) is 1.50. The first-order valence-corrected chi connectivity index (χ1v) is 4.41. The van der Waals surface area contributed by atoms with Crippen LogP contribution in [-0.2, 0) is 0 Å². The molecule has 1 unspecified atom stereocenters. The number of nitrogens with zero attached hydrogens (tertiary/aromatic N) is 1. The zero-order chi connectivity index (χ0) is 8.97. The van der Waals surface area contributed by atoms with E-state index in [1.54, 1.807) is 6.08 Å². The molecule has 0 aromatic heterocycles. The first-order chi connectivity index (χ1) is 5.75. The Labute approximate surface area is 73.4 Å². The van der Waals surface area contributed by atoms with Crippen LogP contribution in [0.4, 0.5) is 4.79 Å². The van der Waals surface area contributed by atoms with Crippen molar-refractivity contribution >= 4 is 6.03 Å². The van der Waals surface area contributed by atoms with Crippen molar-refractivity contribution in [1.82, 2.24) is 10.2 Å². The van der Waals surface area contributed by atoms with Crippen molar-refractivity contribution < 1.29 is 4.79 Å². The average Bonchev–Trinajstić information content (AvgIpc) is 2.47. The molecule has 0 aromatic rings. The third-order valence-corrected chi connectivity index (χ3v) is 2.21. The number of likely N-dealkylation sites (tertiary alicyclic amines) is 1. The standard InChI is InChI=1S/C9H16N2O/c1-3-6-10-9(12)11-7-4-5-8(11)2/h3,8H,1,4-7H2,2H3,(H,10,12). The summed E-state index contributed by atoms with van der Waals surface area (Å²) in [6, 6.07) is 0.440. The number of amides is 2. The third-order valence-electron chi connectivity index (χ3n) is 2.21. The van der Waals surface area contributed by atoms with E-state index in [-0.39, 0.29) is 6.03 Å². The van der Waals surface area contributed by atoms with Crippen molar-refractivity contribution in [2.75, 3.05) is 13.1 Å². The molecule has 1 saturated heterocycles. The average molecular weight is 168 g/mol. The van der Waals surface area contributed by atoms with Gasteiger partial charge in [-0.25, -0.2) is 4.79 Å². The smallest absolute Gasteiger partial charge is 0.317 e. The number of carbonyl (C=O) groups is 1. The summed E-state index contributed by atoms with van der Waals surface area (Å²) in [5, 5.41) is 2.77. The van der Waals surface area contributed by atoms with E-state index in [1.807, 2.05) is 4.90 Å². The summed E-state index contributed by atoms with van der Waals surface area (Å²) in [5.74, 6) is 0. The first-order valence-electron chi connectivity index (χ1n) is 4.41. The lowest BCUT2D eigenvalue weighted by atomic mass is 10.2. The van der Waals surface area contributed by atoms with E-state index in [0.29, 0.717) is 12.6 Å². The zero-order valence-electron chi connectivity index (χ0n) is 7.55. The van der Waals surface area contributed by atoms with Crippen molar-refractivity contribution in [2.24, 2.45) is 0 Å². The highest BCUT2D eigenvalue weighted by molar-refractivity contribution is 5.74. The van der Waals surface area contributed by atoms with Gasteiger partial charge in [-0.05, 0) is 19.8 Å². The molecule has 1 aliphatic heterocycles. The highest BCUT2D eigenvalue weighted by atomic mass is 16.2. The molecule has 12 heavy (non-hydrogen) atoms. The summed E-state index contributed by atoms with van der Waals surface area (Å²) < 4.78 is 0. The van der Waals surface area contributed by atoms with E-state index in [1.165, 1.54) is 0 Å². The predicted octanol–water partition coefficient (Wildman–Crippen LogP) is 1.37. The molecule has 1 N–H and O–H groups in total. The molecule has 0 aliphatic carbocycles. The minimum Gasteiger partial charge on any atom is -0.335 e. The number of nitrogens with one attached hydrogen (secondary N) is 1. The Balaban J connectivity index is 2.35. The zero-order valence-corrected chi connectivity index (χ0v) is 7.55. The molecule has 0 spiro atoms. The molecule has 0 bridgehead atoms. The van der Waals surface area contributed by atoms with Gasteiger partial charge in [-0.2, -0.15) is 0 Å². The lowest BCUT2D eigenvalue weighted by Gasteiger charge is -2.21. The van der Waals surface area contributed by atoms with Gasteiger partial charge >= 0.3 is 6.03 Å². The van der Waals surface area contributed by atoms with Gasteiger partial charge < -0.3 is 10.2 Å². The maximum Gasteiger partial charge on any atom is 0.317 e. The normalized spacial score (nSPS) is 22.4. The lowest BCUT2D eigenvalue weighted by molar-refractivity contribution is 0.197. The molecule has 0 radical (unpaired) electrons. The van der Waals surface area contributed by atoms with Crippen LogP contribution in [0.5, 0.6) is 0 Å². The first kappa shape index (κ1) is 9.10. The number of rotatable bonds is 2.